The number of nitrogens with zero attached hydrogens (tertiary/aromatic N) is 2. The van der Waals surface area contributed by atoms with E-state index in [-0.39, 0.29) is 11.6 Å². The first kappa shape index (κ1) is 20.7. The standard InChI is InChI=1S/C22H21FN2O3S/c1-4-13-28-20-15(9-8-12-18(20)27-3)14-19-21(26)25(5-2)22(29-19)24-17-11-7-6-10-16(17)23/h4,6-12,14H,1,5,13H2,2-3H3/b19-14+,24-22?. The quantitative estimate of drug-likeness (QED) is 0.473. The molecule has 1 heterocycles. The second-order valence-electron chi connectivity index (χ2n) is 5.98. The van der Waals surface area contributed by atoms with E-state index in [1.165, 1.54) is 22.7 Å². The second kappa shape index (κ2) is 9.43. The largest absolute Gasteiger partial charge is 0.493 e. The van der Waals surface area contributed by atoms with Gasteiger partial charge in [0.1, 0.15) is 18.1 Å². The Morgan fingerprint density at radius 1 is 1.24 bits per heavy atom. The molecule has 1 amide bonds. The van der Waals surface area contributed by atoms with Crippen LogP contribution in [0, 0.1) is 5.82 Å². The van der Waals surface area contributed by atoms with Gasteiger partial charge in [-0.05, 0) is 43.0 Å². The molecule has 7 heteroatoms. The molecule has 1 fully saturated rings. The summed E-state index contributed by atoms with van der Waals surface area (Å²) in [5.41, 5.74) is 0.893. The molecule has 0 saturated carbocycles. The minimum atomic E-state index is -0.436. The molecule has 1 aliphatic rings. The van der Waals surface area contributed by atoms with Crippen molar-refractivity contribution in [1.29, 1.82) is 0 Å². The SMILES string of the molecule is C=CCOc1c(/C=C2/SC(=Nc3ccccc3F)N(CC)C2=O)cccc1OC. The number of aliphatic imine (C=N–C) groups is 1. The number of para-hydroxylation sites is 2. The average molecular weight is 412 g/mol. The molecule has 0 atom stereocenters. The molecule has 0 N–H and O–H groups in total. The lowest BCUT2D eigenvalue weighted by molar-refractivity contribution is -0.122. The molecular formula is C22H21FN2O3S. The van der Waals surface area contributed by atoms with Crippen LogP contribution < -0.4 is 9.47 Å². The average Bonchev–Trinajstić information content (AvgIpc) is 3.02. The maximum Gasteiger partial charge on any atom is 0.266 e. The molecule has 29 heavy (non-hydrogen) atoms. The molecule has 5 nitrogen and oxygen atoms in total. The Kier molecular flexibility index (Phi) is 6.72. The summed E-state index contributed by atoms with van der Waals surface area (Å²) in [6, 6.07) is 11.7. The highest BCUT2D eigenvalue weighted by molar-refractivity contribution is 8.18. The topological polar surface area (TPSA) is 51.1 Å². The van der Waals surface area contributed by atoms with Crippen LogP contribution >= 0.6 is 11.8 Å². The Balaban J connectivity index is 2.00. The summed E-state index contributed by atoms with van der Waals surface area (Å²) in [4.78, 5) is 19.2. The van der Waals surface area contributed by atoms with Crippen molar-refractivity contribution < 1.29 is 18.7 Å². The van der Waals surface area contributed by atoms with Crippen molar-refractivity contribution in [3.63, 3.8) is 0 Å². The summed E-state index contributed by atoms with van der Waals surface area (Å²) in [5.74, 6) is 0.460. The number of carbonyl (C=O) groups excluding carboxylic acids is 1. The third-order valence-corrected chi connectivity index (χ3v) is 5.14. The molecule has 150 valence electrons. The predicted octanol–water partition coefficient (Wildman–Crippen LogP) is 5.02. The number of halogens is 1. The van der Waals surface area contributed by atoms with Crippen molar-refractivity contribution in [2.24, 2.45) is 4.99 Å². The minimum absolute atomic E-state index is 0.190. The van der Waals surface area contributed by atoms with E-state index in [9.17, 15) is 9.18 Å². The fraction of sp³-hybridized carbons (Fsp3) is 0.182. The van der Waals surface area contributed by atoms with Crippen LogP contribution in [0.15, 0.2) is 65.0 Å². The fourth-order valence-electron chi connectivity index (χ4n) is 2.76. The van der Waals surface area contributed by atoms with Crippen molar-refractivity contribution in [2.75, 3.05) is 20.3 Å². The first-order valence-corrected chi connectivity index (χ1v) is 9.86. The van der Waals surface area contributed by atoms with Gasteiger partial charge in [0.25, 0.3) is 5.91 Å². The Bertz CT molecular complexity index is 988. The molecule has 0 aromatic heterocycles. The molecule has 2 aromatic carbocycles. The Morgan fingerprint density at radius 3 is 2.72 bits per heavy atom. The number of methoxy groups -OCH3 is 1. The van der Waals surface area contributed by atoms with Crippen LogP contribution in [0.1, 0.15) is 12.5 Å². The molecule has 0 bridgehead atoms. The van der Waals surface area contributed by atoms with Crippen LogP contribution in [-0.4, -0.2) is 36.2 Å². The lowest BCUT2D eigenvalue weighted by Crippen LogP contribution is -2.28. The van der Waals surface area contributed by atoms with E-state index in [1.807, 2.05) is 19.1 Å². The van der Waals surface area contributed by atoms with Gasteiger partial charge in [0.05, 0.1) is 12.0 Å². The summed E-state index contributed by atoms with van der Waals surface area (Å²) >= 11 is 1.20. The first-order valence-electron chi connectivity index (χ1n) is 9.04. The third-order valence-electron chi connectivity index (χ3n) is 4.13. The molecule has 3 rings (SSSR count). The van der Waals surface area contributed by atoms with Crippen LogP contribution in [-0.2, 0) is 4.79 Å². The highest BCUT2D eigenvalue weighted by atomic mass is 32.2. The van der Waals surface area contributed by atoms with E-state index in [1.54, 1.807) is 43.5 Å². The van der Waals surface area contributed by atoms with Gasteiger partial charge in [-0.2, -0.15) is 0 Å². The van der Waals surface area contributed by atoms with Crippen molar-refractivity contribution in [3.8, 4) is 11.5 Å². The van der Waals surface area contributed by atoms with Gasteiger partial charge < -0.3 is 9.47 Å². The van der Waals surface area contributed by atoms with Crippen LogP contribution in [0.5, 0.6) is 11.5 Å². The molecule has 1 aliphatic heterocycles. The van der Waals surface area contributed by atoms with E-state index in [0.29, 0.717) is 40.3 Å². The van der Waals surface area contributed by atoms with Gasteiger partial charge in [-0.25, -0.2) is 9.38 Å². The zero-order valence-electron chi connectivity index (χ0n) is 16.2. The summed E-state index contributed by atoms with van der Waals surface area (Å²) in [7, 11) is 1.56. The Morgan fingerprint density at radius 2 is 2.03 bits per heavy atom. The van der Waals surface area contributed by atoms with Crippen molar-refractivity contribution in [1.82, 2.24) is 4.90 Å². The van der Waals surface area contributed by atoms with Gasteiger partial charge in [0.15, 0.2) is 16.7 Å². The molecule has 0 unspecified atom stereocenters. The first-order chi connectivity index (χ1) is 14.1. The second-order valence-corrected chi connectivity index (χ2v) is 6.99. The Labute approximate surface area is 173 Å². The van der Waals surface area contributed by atoms with E-state index in [0.717, 1.165) is 0 Å². The number of amides is 1. The molecular weight excluding hydrogens is 391 g/mol. The van der Waals surface area contributed by atoms with Crippen LogP contribution in [0.2, 0.25) is 0 Å². The zero-order valence-corrected chi connectivity index (χ0v) is 17.0. The van der Waals surface area contributed by atoms with Gasteiger partial charge >= 0.3 is 0 Å². The van der Waals surface area contributed by atoms with Gasteiger partial charge in [-0.1, -0.05) is 36.9 Å². The van der Waals surface area contributed by atoms with Gasteiger partial charge in [-0.15, -0.1) is 0 Å². The normalized spacial score (nSPS) is 16.5. The maximum absolute atomic E-state index is 14.0. The zero-order chi connectivity index (χ0) is 20.8. The van der Waals surface area contributed by atoms with Crippen molar-refractivity contribution >= 4 is 34.6 Å². The van der Waals surface area contributed by atoms with Crippen molar-refractivity contribution in [2.45, 2.75) is 6.92 Å². The molecule has 0 radical (unpaired) electrons. The Hall–Kier alpha value is -3.06. The number of carbonyl (C=O) groups is 1. The lowest BCUT2D eigenvalue weighted by atomic mass is 10.1. The summed E-state index contributed by atoms with van der Waals surface area (Å²) in [5, 5.41) is 0.435. The summed E-state index contributed by atoms with van der Waals surface area (Å²) in [6.07, 6.45) is 3.37. The van der Waals surface area contributed by atoms with Crippen LogP contribution in [0.25, 0.3) is 6.08 Å². The van der Waals surface area contributed by atoms with Crippen LogP contribution in [0.4, 0.5) is 10.1 Å². The number of hydrogen-bond donors (Lipinski definition) is 0. The molecule has 0 aliphatic carbocycles. The van der Waals surface area contributed by atoms with E-state index < -0.39 is 5.82 Å². The van der Waals surface area contributed by atoms with Crippen LogP contribution in [0.3, 0.4) is 0 Å². The number of benzene rings is 2. The number of thioether (sulfide) groups is 1. The van der Waals surface area contributed by atoms with E-state index in [2.05, 4.69) is 11.6 Å². The van der Waals surface area contributed by atoms with Gasteiger partial charge in [0, 0.05) is 12.1 Å². The maximum atomic E-state index is 14.0. The van der Waals surface area contributed by atoms with E-state index >= 15 is 0 Å². The number of amidine groups is 1. The molecule has 2 aromatic rings. The predicted molar refractivity (Wildman–Crippen MR) is 115 cm³/mol. The third kappa shape index (κ3) is 4.51. The van der Waals surface area contributed by atoms with Gasteiger partial charge in [-0.3, -0.25) is 9.69 Å². The summed E-state index contributed by atoms with van der Waals surface area (Å²) < 4.78 is 25.1. The summed E-state index contributed by atoms with van der Waals surface area (Å²) in [6.45, 7) is 6.24. The fourth-order valence-corrected chi connectivity index (χ4v) is 3.81. The highest BCUT2D eigenvalue weighted by Crippen LogP contribution is 2.38. The van der Waals surface area contributed by atoms with E-state index in [4.69, 9.17) is 9.47 Å². The number of likely N-dealkylation sites (N-methyl/N-ethyl adjacent to an activating group) is 1. The van der Waals surface area contributed by atoms with Crippen molar-refractivity contribution in [3.05, 3.63) is 71.4 Å². The lowest BCUT2D eigenvalue weighted by Gasteiger charge is -2.13. The van der Waals surface area contributed by atoms with Gasteiger partial charge in [0.2, 0.25) is 0 Å². The minimum Gasteiger partial charge on any atom is -0.493 e. The monoisotopic (exact) mass is 412 g/mol. The highest BCUT2D eigenvalue weighted by Gasteiger charge is 2.32. The number of rotatable bonds is 7. The number of ether oxygens (including phenoxy) is 2. The molecule has 0 spiro atoms. The number of hydrogen-bond acceptors (Lipinski definition) is 5. The smallest absolute Gasteiger partial charge is 0.266 e. The molecule has 1 saturated heterocycles.